The van der Waals surface area contributed by atoms with Crippen LogP contribution in [0.5, 0.6) is 0 Å². The molecule has 8 heteroatoms. The van der Waals surface area contributed by atoms with Crippen molar-refractivity contribution < 1.29 is 14.5 Å². The van der Waals surface area contributed by atoms with Gasteiger partial charge in [0.15, 0.2) is 5.65 Å². The van der Waals surface area contributed by atoms with Crippen molar-refractivity contribution in [2.75, 3.05) is 6.61 Å². The summed E-state index contributed by atoms with van der Waals surface area (Å²) >= 11 is 0. The third-order valence-electron chi connectivity index (χ3n) is 2.79. The van der Waals surface area contributed by atoms with E-state index in [2.05, 4.69) is 15.2 Å². The lowest BCUT2D eigenvalue weighted by atomic mass is 10.2. The third-order valence-corrected chi connectivity index (χ3v) is 2.79. The molecular weight excluding hydrogens is 264 g/mol. The number of nitrogens with one attached hydrogen (secondary N) is 1. The number of fused-ring (bicyclic) bond motifs is 1. The maximum Gasteiger partial charge on any atom is 0.306 e. The summed E-state index contributed by atoms with van der Waals surface area (Å²) in [6, 6.07) is 1.60. The van der Waals surface area contributed by atoms with E-state index in [1.54, 1.807) is 19.9 Å². The molecule has 2 aromatic rings. The molecule has 106 valence electrons. The van der Waals surface area contributed by atoms with E-state index in [0.717, 1.165) is 0 Å². The molecule has 0 spiro atoms. The minimum atomic E-state index is -0.472. The lowest BCUT2D eigenvalue weighted by Gasteiger charge is -2.00. The highest BCUT2D eigenvalue weighted by atomic mass is 16.6. The van der Waals surface area contributed by atoms with Gasteiger partial charge in [-0.3, -0.25) is 14.9 Å². The second-order valence-corrected chi connectivity index (χ2v) is 4.26. The van der Waals surface area contributed by atoms with Crippen LogP contribution in [-0.2, 0) is 16.0 Å². The van der Waals surface area contributed by atoms with Gasteiger partial charge in [0, 0.05) is 6.42 Å². The summed E-state index contributed by atoms with van der Waals surface area (Å²) in [6.45, 7) is 3.71. The van der Waals surface area contributed by atoms with E-state index in [4.69, 9.17) is 4.74 Å². The number of ether oxygens (including phenoxy) is 1. The number of rotatable bonds is 5. The van der Waals surface area contributed by atoms with Crippen LogP contribution in [0.15, 0.2) is 6.07 Å². The van der Waals surface area contributed by atoms with E-state index in [-0.39, 0.29) is 31.1 Å². The van der Waals surface area contributed by atoms with Gasteiger partial charge in [-0.25, -0.2) is 0 Å². The van der Waals surface area contributed by atoms with Crippen LogP contribution in [0.4, 0.5) is 5.69 Å². The Morgan fingerprint density at radius 3 is 2.90 bits per heavy atom. The van der Waals surface area contributed by atoms with Crippen LogP contribution >= 0.6 is 0 Å². The van der Waals surface area contributed by atoms with Gasteiger partial charge in [-0.05, 0) is 19.9 Å². The number of carbonyl (C=O) groups excluding carboxylic acids is 1. The molecule has 0 aromatic carbocycles. The molecular formula is C12H14N4O4. The topological polar surface area (TPSA) is 111 Å². The predicted molar refractivity (Wildman–Crippen MR) is 70.2 cm³/mol. The fraction of sp³-hybridized carbons (Fsp3) is 0.417. The Labute approximate surface area is 114 Å². The number of aromatic nitrogens is 3. The molecule has 0 aliphatic heterocycles. The summed E-state index contributed by atoms with van der Waals surface area (Å²) in [5.74, 6) is -0.386. The van der Waals surface area contributed by atoms with Crippen LogP contribution in [0.25, 0.3) is 11.0 Å². The Balaban J connectivity index is 2.35. The Bertz CT molecular complexity index is 665. The van der Waals surface area contributed by atoms with Crippen molar-refractivity contribution in [3.05, 3.63) is 27.6 Å². The zero-order chi connectivity index (χ0) is 14.7. The van der Waals surface area contributed by atoms with Crippen molar-refractivity contribution in [2.45, 2.75) is 26.7 Å². The zero-order valence-corrected chi connectivity index (χ0v) is 11.2. The highest BCUT2D eigenvalue weighted by Gasteiger charge is 2.23. The summed E-state index contributed by atoms with van der Waals surface area (Å²) in [5, 5.41) is 19.3. The maximum absolute atomic E-state index is 11.3. The van der Waals surface area contributed by atoms with E-state index in [1.165, 1.54) is 0 Å². The molecule has 0 saturated heterocycles. The van der Waals surface area contributed by atoms with Gasteiger partial charge in [0.1, 0.15) is 5.39 Å². The standard InChI is InChI=1S/C12H14N4O4/c1-3-20-10(17)5-4-9-11(16(18)19)8-6-7(2)14-15-12(8)13-9/h6H,3-5H2,1-2H3,(H,13,15). The molecule has 2 rings (SSSR count). The molecule has 0 atom stereocenters. The number of nitro groups is 1. The highest BCUT2D eigenvalue weighted by Crippen LogP contribution is 2.29. The van der Waals surface area contributed by atoms with Crippen LogP contribution in [0.3, 0.4) is 0 Å². The Kier molecular flexibility index (Phi) is 3.92. The molecule has 1 N–H and O–H groups in total. The number of nitrogens with zero attached hydrogens (tertiary/aromatic N) is 3. The summed E-state index contributed by atoms with van der Waals surface area (Å²) < 4.78 is 4.81. The van der Waals surface area contributed by atoms with Gasteiger partial charge in [0.25, 0.3) is 5.69 Å². The van der Waals surface area contributed by atoms with Crippen LogP contribution in [0.2, 0.25) is 0 Å². The summed E-state index contributed by atoms with van der Waals surface area (Å²) in [7, 11) is 0. The molecule has 2 aromatic heterocycles. The SMILES string of the molecule is CCOC(=O)CCc1[nH]c2nnc(C)cc2c1[N+](=O)[O-]. The molecule has 0 saturated carbocycles. The molecule has 0 aliphatic carbocycles. The largest absolute Gasteiger partial charge is 0.466 e. The second-order valence-electron chi connectivity index (χ2n) is 4.26. The van der Waals surface area contributed by atoms with E-state index < -0.39 is 4.92 Å². The van der Waals surface area contributed by atoms with E-state index in [9.17, 15) is 14.9 Å². The molecule has 0 fully saturated rings. The number of esters is 1. The lowest BCUT2D eigenvalue weighted by molar-refractivity contribution is -0.383. The van der Waals surface area contributed by atoms with E-state index in [1.807, 2.05) is 0 Å². The first-order chi connectivity index (χ1) is 9.52. The first-order valence-electron chi connectivity index (χ1n) is 6.17. The number of hydrogen-bond acceptors (Lipinski definition) is 6. The molecule has 0 radical (unpaired) electrons. The molecule has 2 heterocycles. The fourth-order valence-electron chi connectivity index (χ4n) is 1.98. The molecule has 8 nitrogen and oxygen atoms in total. The smallest absolute Gasteiger partial charge is 0.306 e. The second kappa shape index (κ2) is 5.64. The molecule has 0 bridgehead atoms. The van der Waals surface area contributed by atoms with Crippen LogP contribution in [0.1, 0.15) is 24.7 Å². The third kappa shape index (κ3) is 2.73. The van der Waals surface area contributed by atoms with Crippen molar-refractivity contribution in [2.24, 2.45) is 0 Å². The fourth-order valence-corrected chi connectivity index (χ4v) is 1.98. The van der Waals surface area contributed by atoms with Gasteiger partial charge in [0.2, 0.25) is 0 Å². The first kappa shape index (κ1) is 13.9. The Morgan fingerprint density at radius 2 is 2.25 bits per heavy atom. The van der Waals surface area contributed by atoms with Crippen molar-refractivity contribution in [3.63, 3.8) is 0 Å². The highest BCUT2D eigenvalue weighted by molar-refractivity contribution is 5.88. The van der Waals surface area contributed by atoms with Crippen molar-refractivity contribution in [3.8, 4) is 0 Å². The van der Waals surface area contributed by atoms with E-state index in [0.29, 0.717) is 22.4 Å². The Morgan fingerprint density at radius 1 is 1.50 bits per heavy atom. The van der Waals surface area contributed by atoms with Gasteiger partial charge in [-0.1, -0.05) is 0 Å². The van der Waals surface area contributed by atoms with Gasteiger partial charge >= 0.3 is 5.97 Å². The quantitative estimate of drug-likeness (QED) is 0.506. The van der Waals surface area contributed by atoms with Crippen LogP contribution < -0.4 is 0 Å². The Hall–Kier alpha value is -2.51. The molecule has 0 amide bonds. The number of aromatic amines is 1. The monoisotopic (exact) mass is 278 g/mol. The summed E-state index contributed by atoms with van der Waals surface area (Å²) in [4.78, 5) is 24.9. The average Bonchev–Trinajstić information content (AvgIpc) is 2.74. The molecule has 0 aliphatic rings. The molecule has 20 heavy (non-hydrogen) atoms. The van der Waals surface area contributed by atoms with Gasteiger partial charge in [-0.2, -0.15) is 5.10 Å². The first-order valence-corrected chi connectivity index (χ1v) is 6.17. The number of H-pyrrole nitrogens is 1. The number of hydrogen-bond donors (Lipinski definition) is 1. The maximum atomic E-state index is 11.3. The lowest BCUT2D eigenvalue weighted by Crippen LogP contribution is -2.06. The van der Waals surface area contributed by atoms with Crippen molar-refractivity contribution >= 4 is 22.7 Å². The minimum Gasteiger partial charge on any atom is -0.466 e. The predicted octanol–water partition coefficient (Wildman–Crippen LogP) is 1.67. The van der Waals surface area contributed by atoms with Gasteiger partial charge < -0.3 is 9.72 Å². The molecule has 0 unspecified atom stereocenters. The zero-order valence-electron chi connectivity index (χ0n) is 11.2. The van der Waals surface area contributed by atoms with Crippen LogP contribution in [0, 0.1) is 17.0 Å². The van der Waals surface area contributed by atoms with Crippen LogP contribution in [-0.4, -0.2) is 32.7 Å². The average molecular weight is 278 g/mol. The normalized spacial score (nSPS) is 10.7. The van der Waals surface area contributed by atoms with Gasteiger partial charge in [-0.15, -0.1) is 5.10 Å². The number of carbonyl (C=O) groups is 1. The summed E-state index contributed by atoms with van der Waals surface area (Å²) in [5.41, 5.74) is 1.25. The summed E-state index contributed by atoms with van der Waals surface area (Å²) in [6.07, 6.45) is 0.276. The van der Waals surface area contributed by atoms with Gasteiger partial charge in [0.05, 0.1) is 29.3 Å². The minimum absolute atomic E-state index is 0.0534. The van der Waals surface area contributed by atoms with E-state index >= 15 is 0 Å². The van der Waals surface area contributed by atoms with Crippen molar-refractivity contribution in [1.82, 2.24) is 15.2 Å². The van der Waals surface area contributed by atoms with Crippen molar-refractivity contribution in [1.29, 1.82) is 0 Å². The number of aryl methyl sites for hydroxylation is 2.